The van der Waals surface area contributed by atoms with Crippen LogP contribution in [0.3, 0.4) is 0 Å². The zero-order chi connectivity index (χ0) is 48.6. The Morgan fingerprint density at radius 2 is 0.224 bits per heavy atom. The van der Waals surface area contributed by atoms with Gasteiger partial charge in [0.1, 0.15) is 26.2 Å². The van der Waals surface area contributed by atoms with E-state index in [0.717, 1.165) is 0 Å². The van der Waals surface area contributed by atoms with Crippen molar-refractivity contribution in [3.8, 4) is 0 Å². The summed E-state index contributed by atoms with van der Waals surface area (Å²) >= 11 is -2.84. The molecule has 3 heteroatoms. The van der Waals surface area contributed by atoms with Gasteiger partial charge in [-0.15, -0.1) is 0 Å². The van der Waals surface area contributed by atoms with E-state index in [1.54, 1.807) is 93.6 Å². The molecule has 0 fully saturated rings. The van der Waals surface area contributed by atoms with Crippen molar-refractivity contribution in [2.45, 2.75) is 406 Å². The molecule has 0 aromatic heterocycles. The first-order chi connectivity index (χ1) is 32.5. The maximum atomic E-state index is 2.35. The first kappa shape index (κ1) is 73.1. The summed E-state index contributed by atoms with van der Waals surface area (Å²) < 4.78 is 0. The molecule has 67 heavy (non-hydrogen) atoms. The van der Waals surface area contributed by atoms with E-state index < -0.39 is 26.2 Å². The molecule has 0 N–H and O–H groups in total. The van der Waals surface area contributed by atoms with E-state index in [0.29, 0.717) is 0 Å². The normalized spacial score (nSPS) is 11.8. The van der Waals surface area contributed by atoms with E-state index in [1.807, 2.05) is 0 Å². The third kappa shape index (κ3) is 53.9. The smallest absolute Gasteiger partial charge is 0.191 e. The molecule has 400 valence electrons. The zero-order valence-corrected chi connectivity index (χ0v) is 53.2. The van der Waals surface area contributed by atoms with Crippen molar-refractivity contribution in [3.63, 3.8) is 0 Å². The minimum Gasteiger partial charge on any atom is -0.191 e. The summed E-state index contributed by atoms with van der Waals surface area (Å²) in [6, 6.07) is 0. The van der Waals surface area contributed by atoms with Gasteiger partial charge in [0, 0.05) is 0 Å². The van der Waals surface area contributed by atoms with Crippen molar-refractivity contribution >= 4 is 49.2 Å². The van der Waals surface area contributed by atoms with Gasteiger partial charge in [-0.25, -0.2) is 0 Å². The fraction of sp³-hybridized carbons (Fsp3) is 1.00. The molecule has 0 aliphatic rings. The summed E-state index contributed by atoms with van der Waals surface area (Å²) in [5.41, 5.74) is 0. The summed E-state index contributed by atoms with van der Waals surface area (Å²) in [5.74, 6) is 0. The Hall–Kier alpha value is 1.83. The molecule has 0 bridgehead atoms. The van der Waals surface area contributed by atoms with Gasteiger partial charge < -0.3 is 0 Å². The summed E-state index contributed by atoms with van der Waals surface area (Å²) in [7, 11) is 0. The molecule has 0 unspecified atom stereocenters. The Labute approximate surface area is 451 Å². The van der Waals surface area contributed by atoms with E-state index in [2.05, 4.69) is 55.4 Å². The molecule has 0 aliphatic heterocycles. The molecule has 0 saturated heterocycles. The largest absolute Gasteiger partial charge is 2.00 e. The topological polar surface area (TPSA) is 0 Å². The summed E-state index contributed by atoms with van der Waals surface area (Å²) in [6.07, 6.45) is 71.6. The monoisotopic (exact) mass is 983 g/mol. The van der Waals surface area contributed by atoms with Gasteiger partial charge in [0.15, 0.2) is 0 Å². The van der Waals surface area contributed by atoms with Gasteiger partial charge in [-0.2, -0.15) is 42.3 Å². The summed E-state index contributed by atoms with van der Waals surface area (Å²) in [4.78, 5) is 0. The predicted octanol–water partition coefficient (Wildman–Crippen LogP) is 25.4. The third-order valence-electron chi connectivity index (χ3n) is 17.4. The van der Waals surface area contributed by atoms with Crippen LogP contribution in [0.2, 0.25) is 42.3 Å². The van der Waals surface area contributed by atoms with E-state index in [9.17, 15) is 0 Å². The Kier molecular flexibility index (Phi) is 67.8. The maximum Gasteiger partial charge on any atom is 2.00 e. The van der Waals surface area contributed by atoms with Gasteiger partial charge >= 0.3 is 23.1 Å². The van der Waals surface area contributed by atoms with Crippen LogP contribution in [0, 0.1) is 0 Å². The molecule has 0 heterocycles. The fourth-order valence-electron chi connectivity index (χ4n) is 12.6. The van der Waals surface area contributed by atoms with Gasteiger partial charge in [-0.1, -0.05) is 364 Å². The van der Waals surface area contributed by atoms with Crippen molar-refractivity contribution in [1.29, 1.82) is 0 Å². The second-order valence-electron chi connectivity index (χ2n) is 23.9. The van der Waals surface area contributed by atoms with Crippen molar-refractivity contribution in [1.82, 2.24) is 0 Å². The molecule has 0 radical (unpaired) electrons. The molecule has 0 amide bonds. The molecule has 0 rings (SSSR count). The second kappa shape index (κ2) is 62.1. The molecular formula is C64H136Al2Mg. The zero-order valence-electron chi connectivity index (χ0n) is 49.5. The number of hydrogen-bond acceptors (Lipinski definition) is 0. The standard InChI is InChI=1S/8C8H17.2Al.Mg/c8*1-3-5-7-8-6-4-2;;;/h8*1,3-8H2,2H3;;;/q;;;;;;;;2*-1;+2. The van der Waals surface area contributed by atoms with Crippen LogP contribution < -0.4 is 0 Å². The quantitative estimate of drug-likeness (QED) is 0.0421. The van der Waals surface area contributed by atoms with Crippen LogP contribution in [0.15, 0.2) is 0 Å². The van der Waals surface area contributed by atoms with Crippen molar-refractivity contribution in [3.05, 3.63) is 0 Å². The van der Waals surface area contributed by atoms with E-state index in [4.69, 9.17) is 0 Å². The van der Waals surface area contributed by atoms with Gasteiger partial charge in [-0.05, 0) is 0 Å². The van der Waals surface area contributed by atoms with Crippen molar-refractivity contribution in [2.75, 3.05) is 0 Å². The van der Waals surface area contributed by atoms with Gasteiger partial charge in [0.25, 0.3) is 0 Å². The third-order valence-corrected chi connectivity index (χ3v) is 30.4. The Bertz CT molecular complexity index is 637. The Morgan fingerprint density at radius 1 is 0.134 bits per heavy atom. The van der Waals surface area contributed by atoms with Crippen LogP contribution in [0.5, 0.6) is 0 Å². The van der Waals surface area contributed by atoms with Gasteiger partial charge in [0.2, 0.25) is 0 Å². The van der Waals surface area contributed by atoms with Crippen LogP contribution in [0.1, 0.15) is 364 Å². The minimum absolute atomic E-state index is 0. The van der Waals surface area contributed by atoms with Crippen LogP contribution in [-0.4, -0.2) is 49.2 Å². The fourth-order valence-corrected chi connectivity index (χ4v) is 25.3. The molecule has 0 aromatic rings. The van der Waals surface area contributed by atoms with Crippen LogP contribution in [0.4, 0.5) is 0 Å². The van der Waals surface area contributed by atoms with Crippen LogP contribution >= 0.6 is 0 Å². The van der Waals surface area contributed by atoms with Crippen molar-refractivity contribution in [2.24, 2.45) is 0 Å². The molecule has 0 nitrogen and oxygen atoms in total. The van der Waals surface area contributed by atoms with Gasteiger partial charge in [0.05, 0.1) is 0 Å². The minimum atomic E-state index is -1.42. The van der Waals surface area contributed by atoms with Crippen LogP contribution in [-0.2, 0) is 0 Å². The molecule has 0 atom stereocenters. The molecular weight excluding hydrogens is 847 g/mol. The Balaban J connectivity index is -0.00000120. The predicted molar refractivity (Wildman–Crippen MR) is 323 cm³/mol. The first-order valence-corrected chi connectivity index (χ1v) is 39.5. The van der Waals surface area contributed by atoms with E-state index in [-0.39, 0.29) is 23.1 Å². The Morgan fingerprint density at radius 3 is 0.328 bits per heavy atom. The summed E-state index contributed by atoms with van der Waals surface area (Å²) in [5, 5.41) is 13.7. The molecule has 0 aliphatic carbocycles. The molecule has 0 spiro atoms. The van der Waals surface area contributed by atoms with Crippen molar-refractivity contribution < 1.29 is 0 Å². The van der Waals surface area contributed by atoms with Crippen LogP contribution in [0.25, 0.3) is 0 Å². The van der Waals surface area contributed by atoms with E-state index in [1.165, 1.54) is 257 Å². The number of rotatable bonds is 56. The molecule has 0 saturated carbocycles. The number of hydrogen-bond donors (Lipinski definition) is 0. The molecule has 0 aromatic carbocycles. The average Bonchev–Trinajstić information content (AvgIpc) is 3.33. The summed E-state index contributed by atoms with van der Waals surface area (Å²) in [6.45, 7) is 18.8. The number of unbranched alkanes of at least 4 members (excludes halogenated alkanes) is 40. The first-order valence-electron chi connectivity index (χ1n) is 32.9. The van der Waals surface area contributed by atoms with Gasteiger partial charge in [-0.3, -0.25) is 0 Å². The van der Waals surface area contributed by atoms with E-state index >= 15 is 0 Å². The average molecular weight is 984 g/mol. The maximum absolute atomic E-state index is 2.35. The second-order valence-corrected chi connectivity index (χ2v) is 35.5. The SMILES string of the molecule is CCCCCCC[CH2][Al-]([CH2]CCCCCCC)([CH2]CCCCCCC)[CH2]CCCCCCC.CCCCCCC[CH2][Al-]([CH2]CCCCCCC)([CH2]CCCCCCC)[CH2]CCCCCCC.[Mg+2].